The van der Waals surface area contributed by atoms with Crippen molar-refractivity contribution in [3.05, 3.63) is 131 Å². The van der Waals surface area contributed by atoms with Gasteiger partial charge in [-0.25, -0.2) is 19.3 Å². The lowest BCUT2D eigenvalue weighted by Gasteiger charge is -2.33. The molecule has 4 aromatic carbocycles. The highest BCUT2D eigenvalue weighted by molar-refractivity contribution is 5.81. The van der Waals surface area contributed by atoms with Gasteiger partial charge >= 0.3 is 0 Å². The van der Waals surface area contributed by atoms with Crippen molar-refractivity contribution in [3.8, 4) is 45.0 Å². The predicted molar refractivity (Wildman–Crippen MR) is 304 cm³/mol. The SMILES string of the molecule is CC(C)OC(C)(OC(C)C)c1nc(Cc2ccc(-c3ccccc3-c3nn[nH]n3)cc2)n(C2CCCCC2)n1.CCC(OC(C)C)(OC(C)C)c1nc(Cc2ccc(-c3ccccc3-c3nn[nH]n3)cc2)n(C2CCCCC2)n1. The van der Waals surface area contributed by atoms with Crippen molar-refractivity contribution in [1.29, 1.82) is 0 Å². The Balaban J connectivity index is 0.000000192. The van der Waals surface area contributed by atoms with Crippen LogP contribution in [0.15, 0.2) is 97.1 Å². The zero-order valence-corrected chi connectivity index (χ0v) is 47.9. The van der Waals surface area contributed by atoms with Gasteiger partial charge in [0.2, 0.25) is 34.9 Å². The van der Waals surface area contributed by atoms with E-state index < -0.39 is 11.6 Å². The summed E-state index contributed by atoms with van der Waals surface area (Å²) in [5.41, 5.74) is 8.54. The van der Waals surface area contributed by atoms with Crippen LogP contribution in [0.5, 0.6) is 0 Å². The van der Waals surface area contributed by atoms with Gasteiger partial charge in [0.1, 0.15) is 11.6 Å². The fraction of sp³-hybridized carbons (Fsp3) is 0.508. The van der Waals surface area contributed by atoms with Gasteiger partial charge in [-0.1, -0.05) is 143 Å². The van der Waals surface area contributed by atoms with E-state index in [9.17, 15) is 0 Å². The minimum absolute atomic E-state index is 0.0216. The first-order valence-corrected chi connectivity index (χ1v) is 28.7. The second kappa shape index (κ2) is 25.9. The standard InChI is InChI=1S/C31H41N7O2.C30H39N7O2/c1-6-31(39-21(2)3,40-22(4)5)30-32-28(38(35-30)25-12-8-7-9-13-25)20-23-16-18-24(19-17-23)26-14-10-11-15-27(26)29-33-36-37-34-29;1-20(2)38-30(5,39-21(3)4)29-31-27(37(34-29)24-11-7-6-8-12-24)19-22-15-17-23(18-16-22)25-13-9-10-14-26(25)28-32-35-36-33-28/h10-11,14-19,21-22,25H,6-9,12-13,20H2,1-5H3,(H,33,34,36,37);9-10,13-18,20-21,24H,6-8,11-12,19H2,1-5H3,(H,32,33,35,36). The van der Waals surface area contributed by atoms with E-state index in [4.69, 9.17) is 39.1 Å². The van der Waals surface area contributed by atoms with Crippen molar-refractivity contribution in [3.63, 3.8) is 0 Å². The molecule has 0 radical (unpaired) electrons. The quantitative estimate of drug-likeness (QED) is 0.0642. The average Bonchev–Trinajstić information content (AvgIpc) is 4.32. The van der Waals surface area contributed by atoms with Crippen LogP contribution in [0, 0.1) is 0 Å². The summed E-state index contributed by atoms with van der Waals surface area (Å²) in [7, 11) is 0. The van der Waals surface area contributed by atoms with E-state index in [2.05, 4.69) is 118 Å². The molecule has 18 heteroatoms. The molecule has 8 aromatic rings. The Hall–Kier alpha value is -6.86. The molecule has 2 N–H and O–H groups in total. The average molecular weight is 1070 g/mol. The van der Waals surface area contributed by atoms with Crippen LogP contribution in [0.25, 0.3) is 45.0 Å². The number of hydrogen-bond acceptors (Lipinski definition) is 14. The Kier molecular flexibility index (Phi) is 18.7. The van der Waals surface area contributed by atoms with E-state index in [1.165, 1.54) is 49.7 Å². The minimum Gasteiger partial charge on any atom is -0.341 e. The van der Waals surface area contributed by atoms with E-state index in [0.717, 1.165) is 70.7 Å². The summed E-state index contributed by atoms with van der Waals surface area (Å²) in [6.45, 7) is 20.2. The molecule has 2 aliphatic carbocycles. The van der Waals surface area contributed by atoms with E-state index in [1.807, 2.05) is 98.7 Å². The van der Waals surface area contributed by atoms with Crippen LogP contribution in [0.3, 0.4) is 0 Å². The van der Waals surface area contributed by atoms with Crippen molar-refractivity contribution in [2.75, 3.05) is 0 Å². The van der Waals surface area contributed by atoms with Gasteiger partial charge in [-0.05, 0) is 132 Å². The maximum absolute atomic E-state index is 6.42. The Morgan fingerprint density at radius 3 is 1.24 bits per heavy atom. The molecular formula is C61H80N14O4. The van der Waals surface area contributed by atoms with E-state index in [-0.39, 0.29) is 24.4 Å². The molecule has 2 fully saturated rings. The monoisotopic (exact) mass is 1070 g/mol. The third-order valence-electron chi connectivity index (χ3n) is 14.5. The number of H-pyrrole nitrogens is 2. The number of rotatable bonds is 21. The molecule has 0 amide bonds. The lowest BCUT2D eigenvalue weighted by Crippen LogP contribution is -2.38. The molecule has 0 spiro atoms. The van der Waals surface area contributed by atoms with Crippen LogP contribution < -0.4 is 0 Å². The molecule has 0 bridgehead atoms. The Labute approximate surface area is 465 Å². The zero-order chi connectivity index (χ0) is 55.5. The topological polar surface area (TPSA) is 207 Å². The number of nitrogens with one attached hydrogen (secondary N) is 2. The van der Waals surface area contributed by atoms with Crippen LogP contribution in [-0.2, 0) is 43.4 Å². The molecule has 0 saturated heterocycles. The summed E-state index contributed by atoms with van der Waals surface area (Å²) in [6, 6.07) is 34.2. The maximum atomic E-state index is 6.42. The fourth-order valence-corrected chi connectivity index (χ4v) is 11.2. The van der Waals surface area contributed by atoms with Gasteiger partial charge in [-0.3, -0.25) is 0 Å². The highest BCUT2D eigenvalue weighted by atomic mass is 16.7. The van der Waals surface area contributed by atoms with Gasteiger partial charge in [0.25, 0.3) is 0 Å². The number of aromatic amines is 2. The van der Waals surface area contributed by atoms with Gasteiger partial charge in [0.05, 0.1) is 36.5 Å². The number of tetrazole rings is 2. The molecule has 10 rings (SSSR count). The first kappa shape index (κ1) is 56.8. The molecule has 0 unspecified atom stereocenters. The van der Waals surface area contributed by atoms with Crippen molar-refractivity contribution < 1.29 is 18.9 Å². The van der Waals surface area contributed by atoms with Crippen molar-refractivity contribution in [2.24, 2.45) is 0 Å². The lowest BCUT2D eigenvalue weighted by molar-refractivity contribution is -0.284. The molecule has 79 heavy (non-hydrogen) atoms. The molecule has 0 aliphatic heterocycles. The Bertz CT molecular complexity index is 3100. The zero-order valence-electron chi connectivity index (χ0n) is 47.9. The van der Waals surface area contributed by atoms with Crippen LogP contribution in [0.1, 0.15) is 186 Å². The third-order valence-corrected chi connectivity index (χ3v) is 14.5. The van der Waals surface area contributed by atoms with Crippen LogP contribution in [0.4, 0.5) is 0 Å². The summed E-state index contributed by atoms with van der Waals surface area (Å²) >= 11 is 0. The highest BCUT2D eigenvalue weighted by Gasteiger charge is 2.41. The Morgan fingerprint density at radius 1 is 0.494 bits per heavy atom. The summed E-state index contributed by atoms with van der Waals surface area (Å²) in [5.74, 6) is 2.30. The highest BCUT2D eigenvalue weighted by Crippen LogP contribution is 2.38. The summed E-state index contributed by atoms with van der Waals surface area (Å²) in [5, 5.41) is 39.4. The predicted octanol–water partition coefficient (Wildman–Crippen LogP) is 12.9. The van der Waals surface area contributed by atoms with Gasteiger partial charge < -0.3 is 18.9 Å². The van der Waals surface area contributed by atoms with E-state index in [0.29, 0.717) is 54.6 Å². The molecule has 4 aromatic heterocycles. The molecular weight excluding hydrogens is 993 g/mol. The number of nitrogens with zero attached hydrogens (tertiary/aromatic N) is 12. The maximum Gasteiger partial charge on any atom is 0.232 e. The summed E-state index contributed by atoms with van der Waals surface area (Å²) in [6.07, 6.45) is 13.8. The molecule has 2 aliphatic rings. The van der Waals surface area contributed by atoms with E-state index in [1.54, 1.807) is 0 Å². The summed E-state index contributed by atoms with van der Waals surface area (Å²) in [4.78, 5) is 10.2. The molecule has 2 saturated carbocycles. The van der Waals surface area contributed by atoms with Crippen molar-refractivity contribution >= 4 is 0 Å². The number of benzene rings is 4. The second-order valence-corrected chi connectivity index (χ2v) is 22.2. The van der Waals surface area contributed by atoms with E-state index >= 15 is 0 Å². The van der Waals surface area contributed by atoms with Crippen LogP contribution in [-0.4, -0.2) is 95.2 Å². The van der Waals surface area contributed by atoms with Crippen molar-refractivity contribution in [2.45, 2.75) is 201 Å². The first-order chi connectivity index (χ1) is 38.2. The number of ether oxygens (including phenoxy) is 4. The van der Waals surface area contributed by atoms with Gasteiger partial charge in [0.15, 0.2) is 0 Å². The lowest BCUT2D eigenvalue weighted by atomic mass is 9.95. The number of aromatic nitrogens is 14. The molecule has 0 atom stereocenters. The van der Waals surface area contributed by atoms with Crippen LogP contribution in [0.2, 0.25) is 0 Å². The first-order valence-electron chi connectivity index (χ1n) is 28.7. The third kappa shape index (κ3) is 13.9. The molecule has 18 nitrogen and oxygen atoms in total. The second-order valence-electron chi connectivity index (χ2n) is 22.2. The van der Waals surface area contributed by atoms with Crippen molar-refractivity contribution in [1.82, 2.24) is 70.8 Å². The van der Waals surface area contributed by atoms with Crippen LogP contribution >= 0.6 is 0 Å². The molecule has 418 valence electrons. The smallest absolute Gasteiger partial charge is 0.232 e. The largest absolute Gasteiger partial charge is 0.341 e. The summed E-state index contributed by atoms with van der Waals surface area (Å²) < 4.78 is 29.7. The van der Waals surface area contributed by atoms with Gasteiger partial charge in [-0.2, -0.15) is 10.4 Å². The van der Waals surface area contributed by atoms with Gasteiger partial charge in [-0.15, -0.1) is 30.6 Å². The fourth-order valence-electron chi connectivity index (χ4n) is 11.2. The van der Waals surface area contributed by atoms with Gasteiger partial charge in [0, 0.05) is 30.4 Å². The normalized spacial score (nSPS) is 14.9. The minimum atomic E-state index is -1.01. The number of hydrogen-bond donors (Lipinski definition) is 2. The molecule has 4 heterocycles. The Morgan fingerprint density at radius 2 is 0.873 bits per heavy atom.